The van der Waals surface area contributed by atoms with Gasteiger partial charge < -0.3 is 4.57 Å². The topological polar surface area (TPSA) is 8.81 Å². The lowest BCUT2D eigenvalue weighted by Gasteiger charge is -1.98. The van der Waals surface area contributed by atoms with E-state index in [9.17, 15) is 4.39 Å². The summed E-state index contributed by atoms with van der Waals surface area (Å²) >= 11 is 8.25. The maximum atomic E-state index is 13.6. The first-order chi connectivity index (χ1) is 6.52. The normalized spacial score (nSPS) is 11.2. The zero-order valence-electron chi connectivity index (χ0n) is 7.68. The van der Waals surface area contributed by atoms with Gasteiger partial charge in [0.1, 0.15) is 12.4 Å². The van der Waals surface area contributed by atoms with Crippen LogP contribution in [0.1, 0.15) is 0 Å². The third kappa shape index (κ3) is 1.32. The lowest BCUT2D eigenvalue weighted by atomic mass is 10.3. The van der Waals surface area contributed by atoms with Gasteiger partial charge in [-0.3, -0.25) is 0 Å². The van der Waals surface area contributed by atoms with Gasteiger partial charge in [0.2, 0.25) is 12.0 Å². The zero-order chi connectivity index (χ0) is 10.5. The Morgan fingerprint density at radius 2 is 2.21 bits per heavy atom. The van der Waals surface area contributed by atoms with Crippen LogP contribution in [0.3, 0.4) is 0 Å². The molecular formula is C9H8ClFIN2+. The van der Waals surface area contributed by atoms with E-state index in [1.54, 1.807) is 16.2 Å². The van der Waals surface area contributed by atoms with E-state index in [1.165, 1.54) is 6.20 Å². The van der Waals surface area contributed by atoms with Crippen molar-refractivity contribution in [3.05, 3.63) is 26.9 Å². The van der Waals surface area contributed by atoms with Crippen LogP contribution in [0.2, 0.25) is 5.15 Å². The van der Waals surface area contributed by atoms with Crippen molar-refractivity contribution >= 4 is 45.1 Å². The maximum Gasteiger partial charge on any atom is 0.285 e. The van der Waals surface area contributed by atoms with Crippen LogP contribution in [0.4, 0.5) is 4.39 Å². The second kappa shape index (κ2) is 3.34. The van der Waals surface area contributed by atoms with Crippen molar-refractivity contribution < 1.29 is 8.96 Å². The summed E-state index contributed by atoms with van der Waals surface area (Å²) in [7, 11) is 3.54. The van der Waals surface area contributed by atoms with Crippen LogP contribution in [-0.2, 0) is 14.1 Å². The summed E-state index contributed by atoms with van der Waals surface area (Å²) in [6.07, 6.45) is 3.25. The van der Waals surface area contributed by atoms with Gasteiger partial charge in [0, 0.05) is 16.8 Å². The molecule has 2 heterocycles. The number of aromatic nitrogens is 2. The fraction of sp³-hybridized carbons (Fsp3) is 0.222. The van der Waals surface area contributed by atoms with Crippen molar-refractivity contribution in [2.45, 2.75) is 0 Å². The summed E-state index contributed by atoms with van der Waals surface area (Å²) in [5, 5.41) is 1.34. The molecule has 5 heteroatoms. The maximum absolute atomic E-state index is 13.6. The number of pyridine rings is 1. The van der Waals surface area contributed by atoms with E-state index in [0.717, 1.165) is 8.96 Å². The monoisotopic (exact) mass is 325 g/mol. The molecule has 2 aromatic rings. The fourth-order valence-electron chi connectivity index (χ4n) is 1.54. The number of hydrogen-bond donors (Lipinski definition) is 0. The van der Waals surface area contributed by atoms with Gasteiger partial charge >= 0.3 is 0 Å². The van der Waals surface area contributed by atoms with Crippen molar-refractivity contribution in [2.24, 2.45) is 14.1 Å². The van der Waals surface area contributed by atoms with Crippen LogP contribution in [0.25, 0.3) is 10.9 Å². The molecule has 0 fully saturated rings. The summed E-state index contributed by atoms with van der Waals surface area (Å²) in [5.74, 6) is -0.252. The van der Waals surface area contributed by atoms with Crippen LogP contribution in [0.15, 0.2) is 12.4 Å². The third-order valence-electron chi connectivity index (χ3n) is 2.18. The van der Waals surface area contributed by atoms with E-state index < -0.39 is 0 Å². The molecule has 0 N–H and O–H groups in total. The molecule has 2 nitrogen and oxygen atoms in total. The number of hydrogen-bond acceptors (Lipinski definition) is 0. The highest BCUT2D eigenvalue weighted by Crippen LogP contribution is 2.28. The van der Waals surface area contributed by atoms with Crippen molar-refractivity contribution in [1.29, 1.82) is 0 Å². The second-order valence-corrected chi connectivity index (χ2v) is 4.71. The fourth-order valence-corrected chi connectivity index (χ4v) is 2.87. The summed E-state index contributed by atoms with van der Waals surface area (Å²) in [4.78, 5) is 0. The Balaban J connectivity index is 3.05. The molecule has 0 aliphatic carbocycles. The molecule has 14 heavy (non-hydrogen) atoms. The van der Waals surface area contributed by atoms with E-state index in [4.69, 9.17) is 11.6 Å². The predicted molar refractivity (Wildman–Crippen MR) is 61.8 cm³/mol. The Labute approximate surface area is 99.4 Å². The van der Waals surface area contributed by atoms with E-state index in [1.807, 2.05) is 13.2 Å². The lowest BCUT2D eigenvalue weighted by molar-refractivity contribution is -0.669. The predicted octanol–water partition coefficient (Wildman–Crippen LogP) is 2.40. The van der Waals surface area contributed by atoms with Gasteiger partial charge in [-0.2, -0.15) is 8.96 Å². The van der Waals surface area contributed by atoms with Gasteiger partial charge in [-0.15, -0.1) is 0 Å². The average Bonchev–Trinajstić information content (AvgIpc) is 2.38. The minimum Gasteiger partial charge on any atom is -0.347 e. The van der Waals surface area contributed by atoms with Crippen LogP contribution in [0, 0.1) is 9.39 Å². The van der Waals surface area contributed by atoms with E-state index in [2.05, 4.69) is 22.6 Å². The second-order valence-electron chi connectivity index (χ2n) is 3.19. The molecule has 0 unspecified atom stereocenters. The molecule has 0 aliphatic rings. The number of fused-ring (bicyclic) bond motifs is 1. The summed E-state index contributed by atoms with van der Waals surface area (Å²) < 4.78 is 17.9. The first-order valence-electron chi connectivity index (χ1n) is 4.00. The average molecular weight is 326 g/mol. The van der Waals surface area contributed by atoms with Crippen LogP contribution in [0.5, 0.6) is 0 Å². The highest BCUT2D eigenvalue weighted by Gasteiger charge is 2.20. The van der Waals surface area contributed by atoms with E-state index in [0.29, 0.717) is 10.7 Å². The minimum absolute atomic E-state index is 0.252. The standard InChI is InChI=1S/C9H8ClFIN2/c1-13-4-6(12)7-8(13)5(11)3-14(2)9(7)10/h3-4H,1-2H3/q+1. The SMILES string of the molecule is Cn1cc(I)c2c(Cl)[n+](C)cc(F)c21. The van der Waals surface area contributed by atoms with E-state index in [-0.39, 0.29) is 5.82 Å². The Morgan fingerprint density at radius 1 is 1.57 bits per heavy atom. The molecule has 0 radical (unpaired) electrons. The first-order valence-corrected chi connectivity index (χ1v) is 5.46. The van der Waals surface area contributed by atoms with Crippen LogP contribution >= 0.6 is 34.2 Å². The minimum atomic E-state index is -0.252. The van der Waals surface area contributed by atoms with Crippen LogP contribution in [-0.4, -0.2) is 4.57 Å². The molecular weight excluding hydrogens is 317 g/mol. The molecule has 2 rings (SSSR count). The molecule has 0 atom stereocenters. The largest absolute Gasteiger partial charge is 0.347 e. The molecule has 0 aromatic carbocycles. The molecule has 0 saturated heterocycles. The quantitative estimate of drug-likeness (QED) is 0.400. The molecule has 0 spiro atoms. The van der Waals surface area contributed by atoms with Crippen molar-refractivity contribution in [3.63, 3.8) is 0 Å². The van der Waals surface area contributed by atoms with E-state index >= 15 is 0 Å². The molecule has 0 amide bonds. The summed E-state index contributed by atoms with van der Waals surface area (Å²) in [5.41, 5.74) is 0.553. The van der Waals surface area contributed by atoms with Crippen molar-refractivity contribution in [3.8, 4) is 0 Å². The molecule has 0 saturated carbocycles. The number of rotatable bonds is 0. The molecule has 0 aliphatic heterocycles. The number of halogens is 3. The Kier molecular flexibility index (Phi) is 2.43. The van der Waals surface area contributed by atoms with Gasteiger partial charge in [0.25, 0.3) is 5.15 Å². The number of nitrogens with zero attached hydrogens (tertiary/aromatic N) is 2. The zero-order valence-corrected chi connectivity index (χ0v) is 10.6. The van der Waals surface area contributed by atoms with Crippen LogP contribution < -0.4 is 4.57 Å². The highest BCUT2D eigenvalue weighted by molar-refractivity contribution is 14.1. The Morgan fingerprint density at radius 3 is 2.86 bits per heavy atom. The van der Waals surface area contributed by atoms with Crippen molar-refractivity contribution in [2.75, 3.05) is 0 Å². The van der Waals surface area contributed by atoms with Gasteiger partial charge in [-0.25, -0.2) is 0 Å². The Bertz CT molecular complexity index is 521. The molecule has 0 bridgehead atoms. The summed E-state index contributed by atoms with van der Waals surface area (Å²) in [6.45, 7) is 0. The van der Waals surface area contributed by atoms with Crippen molar-refractivity contribution in [1.82, 2.24) is 4.57 Å². The smallest absolute Gasteiger partial charge is 0.285 e. The summed E-state index contributed by atoms with van der Waals surface area (Å²) in [6, 6.07) is 0. The van der Waals surface area contributed by atoms with Gasteiger partial charge in [-0.1, -0.05) is 0 Å². The third-order valence-corrected chi connectivity index (χ3v) is 3.46. The van der Waals surface area contributed by atoms with Gasteiger partial charge in [-0.05, 0) is 34.2 Å². The van der Waals surface area contributed by atoms with Gasteiger partial charge in [0.05, 0.1) is 5.52 Å². The molecule has 2 aromatic heterocycles. The number of aryl methyl sites for hydroxylation is 2. The first kappa shape index (κ1) is 10.2. The Hall–Kier alpha value is -0.360. The lowest BCUT2D eigenvalue weighted by Crippen LogP contribution is -2.30. The van der Waals surface area contributed by atoms with Gasteiger partial charge in [0.15, 0.2) is 0 Å². The molecule has 74 valence electrons. The highest BCUT2D eigenvalue weighted by atomic mass is 127.